The molecular formula is C26H25FN4O2. The highest BCUT2D eigenvalue weighted by atomic mass is 19.1. The first-order valence-corrected chi connectivity index (χ1v) is 11.1. The summed E-state index contributed by atoms with van der Waals surface area (Å²) in [5.74, 6) is -0.526. The molecule has 33 heavy (non-hydrogen) atoms. The van der Waals surface area contributed by atoms with Crippen molar-refractivity contribution in [3.63, 3.8) is 0 Å². The van der Waals surface area contributed by atoms with Gasteiger partial charge in [-0.25, -0.2) is 14.1 Å². The number of carbonyl (C=O) groups is 2. The molecule has 3 aromatic carbocycles. The van der Waals surface area contributed by atoms with Crippen LogP contribution in [0.1, 0.15) is 11.1 Å². The van der Waals surface area contributed by atoms with Crippen LogP contribution >= 0.6 is 0 Å². The summed E-state index contributed by atoms with van der Waals surface area (Å²) in [5.41, 5.74) is 1.20. The summed E-state index contributed by atoms with van der Waals surface area (Å²) in [6, 6.07) is 24.8. The minimum absolute atomic E-state index is 0.226. The molecule has 3 amide bonds. The first-order valence-electron chi connectivity index (χ1n) is 11.1. The summed E-state index contributed by atoms with van der Waals surface area (Å²) in [5, 5.41) is 2.99. The number of halogens is 1. The van der Waals surface area contributed by atoms with Gasteiger partial charge in [0.2, 0.25) is 0 Å². The van der Waals surface area contributed by atoms with Gasteiger partial charge in [0, 0.05) is 31.9 Å². The van der Waals surface area contributed by atoms with Crippen molar-refractivity contribution in [2.24, 2.45) is 0 Å². The Morgan fingerprint density at radius 3 is 1.85 bits per heavy atom. The molecule has 0 atom stereocenters. The maximum atomic E-state index is 13.8. The lowest BCUT2D eigenvalue weighted by atomic mass is 9.83. The van der Waals surface area contributed by atoms with Crippen molar-refractivity contribution in [3.05, 3.63) is 102 Å². The first kappa shape index (κ1) is 21.2. The quantitative estimate of drug-likeness (QED) is 0.613. The van der Waals surface area contributed by atoms with E-state index >= 15 is 0 Å². The van der Waals surface area contributed by atoms with Gasteiger partial charge in [-0.1, -0.05) is 60.7 Å². The summed E-state index contributed by atoms with van der Waals surface area (Å²) in [6.45, 7) is 3.08. The molecule has 3 aromatic rings. The molecule has 168 valence electrons. The third kappa shape index (κ3) is 3.85. The molecule has 2 heterocycles. The van der Waals surface area contributed by atoms with Gasteiger partial charge in [0.15, 0.2) is 5.54 Å². The second-order valence-corrected chi connectivity index (χ2v) is 8.37. The highest BCUT2D eigenvalue weighted by Crippen LogP contribution is 2.36. The number of hydrogen-bond acceptors (Lipinski definition) is 4. The minimum Gasteiger partial charge on any atom is -0.369 e. The van der Waals surface area contributed by atoms with E-state index in [1.165, 1.54) is 17.0 Å². The zero-order valence-electron chi connectivity index (χ0n) is 18.2. The molecule has 0 radical (unpaired) electrons. The van der Waals surface area contributed by atoms with Crippen molar-refractivity contribution in [3.8, 4) is 0 Å². The van der Waals surface area contributed by atoms with Crippen LogP contribution in [0.5, 0.6) is 0 Å². The Morgan fingerprint density at radius 2 is 1.30 bits per heavy atom. The Bertz CT molecular complexity index is 1090. The molecule has 2 aliphatic rings. The van der Waals surface area contributed by atoms with Gasteiger partial charge in [0.25, 0.3) is 5.91 Å². The third-order valence-electron chi connectivity index (χ3n) is 6.42. The molecule has 7 heteroatoms. The van der Waals surface area contributed by atoms with Gasteiger partial charge in [-0.05, 0) is 35.4 Å². The van der Waals surface area contributed by atoms with Crippen LogP contribution in [0, 0.1) is 5.82 Å². The summed E-state index contributed by atoms with van der Waals surface area (Å²) in [4.78, 5) is 32.5. The number of hydrogen-bond donors (Lipinski definition) is 1. The van der Waals surface area contributed by atoms with Crippen LogP contribution in [0.4, 0.5) is 14.9 Å². The van der Waals surface area contributed by atoms with E-state index in [0.717, 1.165) is 29.9 Å². The van der Waals surface area contributed by atoms with Gasteiger partial charge in [-0.15, -0.1) is 0 Å². The van der Waals surface area contributed by atoms with Crippen molar-refractivity contribution >= 4 is 17.6 Å². The van der Waals surface area contributed by atoms with Crippen LogP contribution in [0.25, 0.3) is 0 Å². The third-order valence-corrected chi connectivity index (χ3v) is 6.42. The molecule has 6 nitrogen and oxygen atoms in total. The number of rotatable bonds is 5. The van der Waals surface area contributed by atoms with Crippen molar-refractivity contribution in [1.29, 1.82) is 0 Å². The Labute approximate surface area is 192 Å². The first-order chi connectivity index (χ1) is 16.1. The SMILES string of the molecule is O=C1NC(c2ccccc2)(c2ccccc2)C(=O)N1CN1CCN(c2ccc(F)cc2)CC1. The van der Waals surface area contributed by atoms with E-state index in [4.69, 9.17) is 0 Å². The number of nitrogens with one attached hydrogen (secondary N) is 1. The number of piperazine rings is 1. The number of anilines is 1. The average Bonchev–Trinajstić information content (AvgIpc) is 3.12. The molecule has 0 saturated carbocycles. The summed E-state index contributed by atoms with van der Waals surface area (Å²) >= 11 is 0. The predicted octanol–water partition coefficient (Wildman–Crippen LogP) is 3.40. The average molecular weight is 445 g/mol. The van der Waals surface area contributed by atoms with Gasteiger partial charge in [0.1, 0.15) is 5.82 Å². The van der Waals surface area contributed by atoms with Crippen molar-refractivity contribution in [2.75, 3.05) is 37.7 Å². The van der Waals surface area contributed by atoms with Crippen LogP contribution < -0.4 is 10.2 Å². The summed E-state index contributed by atoms with van der Waals surface area (Å²) in [6.07, 6.45) is 0. The largest absolute Gasteiger partial charge is 0.369 e. The molecule has 0 spiro atoms. The van der Waals surface area contributed by atoms with Gasteiger partial charge >= 0.3 is 6.03 Å². The second-order valence-electron chi connectivity index (χ2n) is 8.37. The number of benzene rings is 3. The number of nitrogens with zero attached hydrogens (tertiary/aromatic N) is 3. The lowest BCUT2D eigenvalue weighted by Crippen LogP contribution is -2.52. The van der Waals surface area contributed by atoms with Crippen LogP contribution in [0.2, 0.25) is 0 Å². The van der Waals surface area contributed by atoms with Crippen molar-refractivity contribution < 1.29 is 14.0 Å². The Kier molecular flexibility index (Phi) is 5.56. The Balaban J connectivity index is 1.34. The van der Waals surface area contributed by atoms with Crippen LogP contribution in [0.15, 0.2) is 84.9 Å². The van der Waals surface area contributed by atoms with E-state index in [2.05, 4.69) is 15.1 Å². The summed E-state index contributed by atoms with van der Waals surface area (Å²) < 4.78 is 13.2. The maximum Gasteiger partial charge on any atom is 0.326 e. The van der Waals surface area contributed by atoms with Gasteiger partial charge in [-0.3, -0.25) is 9.69 Å². The second kappa shape index (κ2) is 8.67. The fourth-order valence-electron chi connectivity index (χ4n) is 4.64. The maximum absolute atomic E-state index is 13.8. The van der Waals surface area contributed by atoms with E-state index in [-0.39, 0.29) is 18.4 Å². The van der Waals surface area contributed by atoms with E-state index in [9.17, 15) is 14.0 Å². The molecule has 0 aliphatic carbocycles. The topological polar surface area (TPSA) is 55.9 Å². The van der Waals surface area contributed by atoms with Crippen LogP contribution in [0.3, 0.4) is 0 Å². The van der Waals surface area contributed by atoms with Crippen molar-refractivity contribution in [1.82, 2.24) is 15.1 Å². The molecule has 5 rings (SSSR count). The molecule has 0 bridgehead atoms. The Hall–Kier alpha value is -3.71. The smallest absolute Gasteiger partial charge is 0.326 e. The van der Waals surface area contributed by atoms with Crippen LogP contribution in [-0.4, -0.2) is 54.6 Å². The number of carbonyl (C=O) groups excluding carboxylic acids is 2. The van der Waals surface area contributed by atoms with Crippen molar-refractivity contribution in [2.45, 2.75) is 5.54 Å². The van der Waals surface area contributed by atoms with E-state index in [1.54, 1.807) is 12.1 Å². The molecule has 0 aromatic heterocycles. The Morgan fingerprint density at radius 1 is 0.758 bits per heavy atom. The van der Waals surface area contributed by atoms with Crippen LogP contribution in [-0.2, 0) is 10.3 Å². The standard InChI is InChI=1S/C26H25FN4O2/c27-22-11-13-23(14-12-22)30-17-15-29(16-18-30)19-31-24(32)26(28-25(31)33,20-7-3-1-4-8-20)21-9-5-2-6-10-21/h1-14H,15-19H2,(H,28,33). The highest BCUT2D eigenvalue weighted by molar-refractivity contribution is 6.09. The molecule has 2 saturated heterocycles. The number of urea groups is 1. The fourth-order valence-corrected chi connectivity index (χ4v) is 4.64. The summed E-state index contributed by atoms with van der Waals surface area (Å²) in [7, 11) is 0. The number of amides is 3. The zero-order valence-corrected chi connectivity index (χ0v) is 18.2. The molecule has 0 unspecified atom stereocenters. The monoisotopic (exact) mass is 444 g/mol. The predicted molar refractivity (Wildman–Crippen MR) is 124 cm³/mol. The minimum atomic E-state index is -1.24. The molecular weight excluding hydrogens is 419 g/mol. The van der Waals surface area contributed by atoms with Gasteiger partial charge in [0.05, 0.1) is 6.67 Å². The lowest BCUT2D eigenvalue weighted by molar-refractivity contribution is -0.131. The van der Waals surface area contributed by atoms with Gasteiger partial charge in [-0.2, -0.15) is 0 Å². The fraction of sp³-hybridized carbons (Fsp3) is 0.231. The van der Waals surface area contributed by atoms with Gasteiger partial charge < -0.3 is 10.2 Å². The molecule has 2 fully saturated rings. The molecule has 2 aliphatic heterocycles. The van der Waals surface area contributed by atoms with E-state index < -0.39 is 11.6 Å². The molecule has 1 N–H and O–H groups in total. The zero-order chi connectivity index (χ0) is 22.8. The number of imide groups is 1. The van der Waals surface area contributed by atoms with E-state index in [0.29, 0.717) is 13.1 Å². The van der Waals surface area contributed by atoms with E-state index in [1.807, 2.05) is 60.7 Å². The highest BCUT2D eigenvalue weighted by Gasteiger charge is 2.53. The lowest BCUT2D eigenvalue weighted by Gasteiger charge is -2.37. The normalized spacial score (nSPS) is 18.5.